The first-order chi connectivity index (χ1) is 16.0. The van der Waals surface area contributed by atoms with Crippen LogP contribution in [0.15, 0.2) is 48.6 Å². The molecule has 0 saturated carbocycles. The fourth-order valence-corrected chi connectivity index (χ4v) is 4.07. The van der Waals surface area contributed by atoms with E-state index in [0.29, 0.717) is 22.9 Å². The number of carbonyl (C=O) groups is 1. The number of rotatable bonds is 8. The van der Waals surface area contributed by atoms with E-state index < -0.39 is 0 Å². The number of hydrogen-bond donors (Lipinski definition) is 0. The number of nitrogens with zero attached hydrogens (tertiary/aromatic N) is 6. The van der Waals surface area contributed by atoms with E-state index in [1.54, 1.807) is 9.58 Å². The summed E-state index contributed by atoms with van der Waals surface area (Å²) in [6.45, 7) is 4.58. The van der Waals surface area contributed by atoms with Gasteiger partial charge in [-0.15, -0.1) is 10.2 Å². The molecule has 0 fully saturated rings. The summed E-state index contributed by atoms with van der Waals surface area (Å²) in [7, 11) is 3.86. The molecule has 0 saturated heterocycles. The zero-order valence-corrected chi connectivity index (χ0v) is 20.1. The van der Waals surface area contributed by atoms with Gasteiger partial charge in [-0.3, -0.25) is 4.79 Å². The molecule has 4 rings (SSSR count). The number of aromatic nitrogens is 4. The van der Waals surface area contributed by atoms with Crippen LogP contribution < -0.4 is 0 Å². The third kappa shape index (κ3) is 4.99. The smallest absolute Gasteiger partial charge is 0.244 e. The standard InChI is InChI=1S/C25H29ClN6O/c1-4-30(2)15-16-31(3)20(33)17-32-25-21(23(29-32)18-11-7-5-8-12-18)22(26)24(27-28-25)19-13-9-6-10-14-19/h6-7,9-14H,4-5,8,15-17H2,1-3H3. The first-order valence-corrected chi connectivity index (χ1v) is 11.6. The van der Waals surface area contributed by atoms with E-state index in [2.05, 4.69) is 40.2 Å². The second-order valence-electron chi connectivity index (χ2n) is 8.28. The van der Waals surface area contributed by atoms with Crippen LogP contribution in [0.1, 0.15) is 25.5 Å². The van der Waals surface area contributed by atoms with Crippen LogP contribution in [-0.2, 0) is 11.3 Å². The lowest BCUT2D eigenvalue weighted by atomic mass is 10.0. The Bertz CT molecular complexity index is 1200. The van der Waals surface area contributed by atoms with Crippen molar-refractivity contribution in [2.24, 2.45) is 0 Å². The molecule has 0 aliphatic heterocycles. The molecule has 0 N–H and O–H groups in total. The summed E-state index contributed by atoms with van der Waals surface area (Å²) >= 11 is 6.91. The molecule has 2 heterocycles. The van der Waals surface area contributed by atoms with Gasteiger partial charge < -0.3 is 9.80 Å². The number of amides is 1. The van der Waals surface area contributed by atoms with Gasteiger partial charge >= 0.3 is 0 Å². The molecule has 0 radical (unpaired) electrons. The Morgan fingerprint density at radius 2 is 1.88 bits per heavy atom. The van der Waals surface area contributed by atoms with Crippen LogP contribution in [0.25, 0.3) is 27.9 Å². The van der Waals surface area contributed by atoms with Gasteiger partial charge in [-0.2, -0.15) is 5.10 Å². The summed E-state index contributed by atoms with van der Waals surface area (Å²) in [6, 6.07) is 9.75. The molecule has 1 amide bonds. The number of carbonyl (C=O) groups excluding carboxylic acids is 1. The fourth-order valence-electron chi connectivity index (χ4n) is 3.75. The Balaban J connectivity index is 1.73. The Kier molecular flexibility index (Phi) is 7.20. The van der Waals surface area contributed by atoms with Crippen LogP contribution in [0.5, 0.6) is 0 Å². The maximum absolute atomic E-state index is 13.0. The van der Waals surface area contributed by atoms with Crippen molar-refractivity contribution in [3.05, 3.63) is 59.3 Å². The van der Waals surface area contributed by atoms with Crippen molar-refractivity contribution in [2.75, 3.05) is 33.7 Å². The molecular formula is C25H29ClN6O. The van der Waals surface area contributed by atoms with Crippen molar-refractivity contribution in [3.63, 3.8) is 0 Å². The van der Waals surface area contributed by atoms with Crippen molar-refractivity contribution in [1.29, 1.82) is 0 Å². The van der Waals surface area contributed by atoms with Gasteiger partial charge in [0.25, 0.3) is 0 Å². The molecular weight excluding hydrogens is 436 g/mol. The highest BCUT2D eigenvalue weighted by Crippen LogP contribution is 2.36. The summed E-state index contributed by atoms with van der Waals surface area (Å²) < 4.78 is 1.63. The minimum absolute atomic E-state index is 0.0336. The van der Waals surface area contributed by atoms with E-state index in [1.165, 1.54) is 0 Å². The fraction of sp³-hybridized carbons (Fsp3) is 0.360. The first kappa shape index (κ1) is 23.1. The van der Waals surface area contributed by atoms with Gasteiger partial charge in [0, 0.05) is 25.7 Å². The average Bonchev–Trinajstić information content (AvgIpc) is 3.22. The first-order valence-electron chi connectivity index (χ1n) is 11.3. The lowest BCUT2D eigenvalue weighted by molar-refractivity contribution is -0.130. The van der Waals surface area contributed by atoms with Crippen LogP contribution in [0.3, 0.4) is 0 Å². The molecule has 3 aromatic rings. The van der Waals surface area contributed by atoms with Crippen LogP contribution in [0.2, 0.25) is 5.02 Å². The monoisotopic (exact) mass is 464 g/mol. The molecule has 0 unspecified atom stereocenters. The van der Waals surface area contributed by atoms with Crippen molar-refractivity contribution in [2.45, 2.75) is 26.3 Å². The van der Waals surface area contributed by atoms with Crippen molar-refractivity contribution in [1.82, 2.24) is 29.8 Å². The lowest BCUT2D eigenvalue weighted by Crippen LogP contribution is -2.36. The number of allylic oxidation sites excluding steroid dienone is 4. The number of halogens is 1. The highest BCUT2D eigenvalue weighted by atomic mass is 35.5. The predicted molar refractivity (Wildman–Crippen MR) is 133 cm³/mol. The minimum Gasteiger partial charge on any atom is -0.343 e. The highest BCUT2D eigenvalue weighted by molar-refractivity contribution is 6.38. The summed E-state index contributed by atoms with van der Waals surface area (Å²) in [6.07, 6.45) is 8.28. The van der Waals surface area contributed by atoms with Gasteiger partial charge in [0.2, 0.25) is 5.91 Å². The zero-order valence-electron chi connectivity index (χ0n) is 19.3. The molecule has 0 bridgehead atoms. The summed E-state index contributed by atoms with van der Waals surface area (Å²) in [4.78, 5) is 16.9. The average molecular weight is 465 g/mol. The van der Waals surface area contributed by atoms with E-state index in [4.69, 9.17) is 16.7 Å². The van der Waals surface area contributed by atoms with Gasteiger partial charge in [0.05, 0.1) is 10.4 Å². The third-order valence-corrected chi connectivity index (χ3v) is 6.35. The maximum Gasteiger partial charge on any atom is 0.244 e. The highest BCUT2D eigenvalue weighted by Gasteiger charge is 2.23. The lowest BCUT2D eigenvalue weighted by Gasteiger charge is -2.21. The number of hydrogen-bond acceptors (Lipinski definition) is 5. The summed E-state index contributed by atoms with van der Waals surface area (Å²) in [5.41, 5.74) is 3.74. The molecule has 1 aromatic carbocycles. The summed E-state index contributed by atoms with van der Waals surface area (Å²) in [5.74, 6) is -0.0336. The Labute approximate surface area is 199 Å². The molecule has 0 atom stereocenters. The molecule has 0 spiro atoms. The van der Waals surface area contributed by atoms with Gasteiger partial charge in [-0.1, -0.05) is 67.1 Å². The Morgan fingerprint density at radius 1 is 1.09 bits per heavy atom. The quantitative estimate of drug-likeness (QED) is 0.497. The Hall–Kier alpha value is -3.03. The van der Waals surface area contributed by atoms with Gasteiger partial charge in [-0.05, 0) is 32.0 Å². The van der Waals surface area contributed by atoms with E-state index in [0.717, 1.165) is 48.1 Å². The zero-order chi connectivity index (χ0) is 23.4. The van der Waals surface area contributed by atoms with Gasteiger partial charge in [-0.25, -0.2) is 4.68 Å². The van der Waals surface area contributed by atoms with Crippen molar-refractivity contribution < 1.29 is 4.79 Å². The van der Waals surface area contributed by atoms with E-state index >= 15 is 0 Å². The second kappa shape index (κ2) is 10.3. The number of likely N-dealkylation sites (N-methyl/N-ethyl adjacent to an activating group) is 2. The van der Waals surface area contributed by atoms with E-state index in [-0.39, 0.29) is 12.5 Å². The molecule has 8 heteroatoms. The molecule has 7 nitrogen and oxygen atoms in total. The molecule has 1 aliphatic carbocycles. The van der Waals surface area contributed by atoms with Gasteiger partial charge in [0.15, 0.2) is 5.65 Å². The molecule has 172 valence electrons. The molecule has 33 heavy (non-hydrogen) atoms. The maximum atomic E-state index is 13.0. The molecule has 1 aliphatic rings. The Morgan fingerprint density at radius 3 is 2.58 bits per heavy atom. The largest absolute Gasteiger partial charge is 0.343 e. The number of fused-ring (bicyclic) bond motifs is 1. The minimum atomic E-state index is -0.0336. The second-order valence-corrected chi connectivity index (χ2v) is 8.66. The third-order valence-electron chi connectivity index (χ3n) is 5.98. The van der Waals surface area contributed by atoms with Crippen LogP contribution in [0.4, 0.5) is 0 Å². The predicted octanol–water partition coefficient (Wildman–Crippen LogP) is 4.29. The van der Waals surface area contributed by atoms with E-state index in [1.807, 2.05) is 44.4 Å². The van der Waals surface area contributed by atoms with Crippen molar-refractivity contribution in [3.8, 4) is 11.3 Å². The van der Waals surface area contributed by atoms with E-state index in [9.17, 15) is 4.79 Å². The normalized spacial score (nSPS) is 13.5. The van der Waals surface area contributed by atoms with Crippen LogP contribution >= 0.6 is 11.6 Å². The molecule has 2 aromatic heterocycles. The van der Waals surface area contributed by atoms with Crippen molar-refractivity contribution >= 4 is 34.1 Å². The topological polar surface area (TPSA) is 67.2 Å². The van der Waals surface area contributed by atoms with Crippen LogP contribution in [-0.4, -0.2) is 69.4 Å². The van der Waals surface area contributed by atoms with Crippen LogP contribution in [0, 0.1) is 0 Å². The number of benzene rings is 1. The van der Waals surface area contributed by atoms with Gasteiger partial charge in [0.1, 0.15) is 17.9 Å². The summed E-state index contributed by atoms with van der Waals surface area (Å²) in [5, 5.41) is 14.9. The SMILES string of the molecule is CCN(C)CCN(C)C(=O)Cn1nc(C2=CCCC=C2)c2c(Cl)c(-c3ccccc3)nnc21.